The maximum absolute atomic E-state index is 5.03. The SMILES string of the molecule is CCC(CC)CC(C)C(C)NCCOC. The lowest BCUT2D eigenvalue weighted by Gasteiger charge is -2.24. The van der Waals surface area contributed by atoms with E-state index in [1.54, 1.807) is 7.11 Å². The van der Waals surface area contributed by atoms with Gasteiger partial charge >= 0.3 is 0 Å². The zero-order valence-electron chi connectivity index (χ0n) is 11.2. The average molecular weight is 215 g/mol. The molecule has 2 unspecified atom stereocenters. The van der Waals surface area contributed by atoms with Crippen molar-refractivity contribution >= 4 is 0 Å². The van der Waals surface area contributed by atoms with Gasteiger partial charge in [-0.3, -0.25) is 0 Å². The third-order valence-electron chi connectivity index (χ3n) is 3.49. The van der Waals surface area contributed by atoms with Gasteiger partial charge in [0.05, 0.1) is 6.61 Å². The van der Waals surface area contributed by atoms with Gasteiger partial charge in [-0.15, -0.1) is 0 Å². The molecule has 0 aromatic heterocycles. The van der Waals surface area contributed by atoms with Crippen molar-refractivity contribution in [3.05, 3.63) is 0 Å². The van der Waals surface area contributed by atoms with Crippen LogP contribution in [-0.4, -0.2) is 26.3 Å². The second-order valence-electron chi connectivity index (χ2n) is 4.63. The van der Waals surface area contributed by atoms with Crippen molar-refractivity contribution in [3.8, 4) is 0 Å². The van der Waals surface area contributed by atoms with E-state index in [2.05, 4.69) is 33.0 Å². The lowest BCUT2D eigenvalue weighted by atomic mass is 9.88. The summed E-state index contributed by atoms with van der Waals surface area (Å²) in [6.45, 7) is 11.0. The summed E-state index contributed by atoms with van der Waals surface area (Å²) in [6.07, 6.45) is 3.96. The van der Waals surface area contributed by atoms with Crippen molar-refractivity contribution in [2.45, 2.75) is 53.0 Å². The van der Waals surface area contributed by atoms with E-state index in [9.17, 15) is 0 Å². The predicted octanol–water partition coefficient (Wildman–Crippen LogP) is 3.07. The molecule has 0 aliphatic heterocycles. The summed E-state index contributed by atoms with van der Waals surface area (Å²) in [5.74, 6) is 1.65. The fourth-order valence-electron chi connectivity index (χ4n) is 1.94. The fourth-order valence-corrected chi connectivity index (χ4v) is 1.94. The molecule has 0 saturated carbocycles. The van der Waals surface area contributed by atoms with E-state index in [0.29, 0.717) is 6.04 Å². The van der Waals surface area contributed by atoms with Gasteiger partial charge in [-0.2, -0.15) is 0 Å². The van der Waals surface area contributed by atoms with Crippen LogP contribution < -0.4 is 5.32 Å². The van der Waals surface area contributed by atoms with Gasteiger partial charge in [0.2, 0.25) is 0 Å². The number of rotatable bonds is 9. The average Bonchev–Trinajstić information content (AvgIpc) is 2.25. The molecule has 2 nitrogen and oxygen atoms in total. The summed E-state index contributed by atoms with van der Waals surface area (Å²) in [7, 11) is 1.75. The molecule has 1 N–H and O–H groups in total. The molecule has 0 aliphatic rings. The topological polar surface area (TPSA) is 21.3 Å². The van der Waals surface area contributed by atoms with Crippen LogP contribution in [0.5, 0.6) is 0 Å². The number of methoxy groups -OCH3 is 1. The van der Waals surface area contributed by atoms with Gasteiger partial charge in [0, 0.05) is 19.7 Å². The normalized spacial score (nSPS) is 15.6. The first kappa shape index (κ1) is 14.9. The predicted molar refractivity (Wildman–Crippen MR) is 67.2 cm³/mol. The van der Waals surface area contributed by atoms with Crippen LogP contribution in [0.1, 0.15) is 47.0 Å². The number of hydrogen-bond donors (Lipinski definition) is 1. The second kappa shape index (κ2) is 9.17. The monoisotopic (exact) mass is 215 g/mol. The zero-order chi connectivity index (χ0) is 11.7. The van der Waals surface area contributed by atoms with Gasteiger partial charge in [0.25, 0.3) is 0 Å². The maximum atomic E-state index is 5.03. The molecule has 2 heteroatoms. The van der Waals surface area contributed by atoms with Gasteiger partial charge in [-0.25, -0.2) is 0 Å². The summed E-state index contributed by atoms with van der Waals surface area (Å²) in [5, 5.41) is 3.51. The highest BCUT2D eigenvalue weighted by atomic mass is 16.5. The summed E-state index contributed by atoms with van der Waals surface area (Å²) in [4.78, 5) is 0. The molecule has 0 spiro atoms. The van der Waals surface area contributed by atoms with Gasteiger partial charge in [0.15, 0.2) is 0 Å². The molecule has 2 atom stereocenters. The lowest BCUT2D eigenvalue weighted by molar-refractivity contribution is 0.190. The van der Waals surface area contributed by atoms with Crippen molar-refractivity contribution in [2.24, 2.45) is 11.8 Å². The van der Waals surface area contributed by atoms with Crippen LogP contribution in [0.3, 0.4) is 0 Å². The second-order valence-corrected chi connectivity index (χ2v) is 4.63. The van der Waals surface area contributed by atoms with E-state index >= 15 is 0 Å². The standard InChI is InChI=1S/C13H29NO/c1-6-13(7-2)10-11(3)12(4)14-8-9-15-5/h11-14H,6-10H2,1-5H3. The Morgan fingerprint density at radius 1 is 1.13 bits per heavy atom. The van der Waals surface area contributed by atoms with Crippen LogP contribution in [0.4, 0.5) is 0 Å². The molecule has 0 fully saturated rings. The van der Waals surface area contributed by atoms with E-state index in [-0.39, 0.29) is 0 Å². The van der Waals surface area contributed by atoms with Crippen molar-refractivity contribution in [2.75, 3.05) is 20.3 Å². The van der Waals surface area contributed by atoms with Gasteiger partial charge in [-0.1, -0.05) is 33.6 Å². The first-order chi connectivity index (χ1) is 7.15. The van der Waals surface area contributed by atoms with Crippen molar-refractivity contribution in [1.29, 1.82) is 0 Å². The van der Waals surface area contributed by atoms with Crippen LogP contribution in [0.25, 0.3) is 0 Å². The third kappa shape index (κ3) is 6.91. The van der Waals surface area contributed by atoms with Crippen LogP contribution in [-0.2, 0) is 4.74 Å². The molecule has 0 radical (unpaired) electrons. The Labute approximate surface area is 95.8 Å². The van der Waals surface area contributed by atoms with Gasteiger partial charge < -0.3 is 10.1 Å². The Balaban J connectivity index is 3.71. The van der Waals surface area contributed by atoms with E-state index in [1.165, 1.54) is 19.3 Å². The fraction of sp³-hybridized carbons (Fsp3) is 1.00. The smallest absolute Gasteiger partial charge is 0.0587 e. The minimum atomic E-state index is 0.598. The molecule has 0 amide bonds. The Morgan fingerprint density at radius 2 is 1.73 bits per heavy atom. The first-order valence-corrected chi connectivity index (χ1v) is 6.37. The Morgan fingerprint density at radius 3 is 2.20 bits per heavy atom. The van der Waals surface area contributed by atoms with E-state index in [4.69, 9.17) is 4.74 Å². The molecular formula is C13H29NO. The molecular weight excluding hydrogens is 186 g/mol. The molecule has 0 bridgehead atoms. The largest absolute Gasteiger partial charge is 0.383 e. The Bertz CT molecular complexity index is 134. The van der Waals surface area contributed by atoms with Gasteiger partial charge in [0.1, 0.15) is 0 Å². The summed E-state index contributed by atoms with van der Waals surface area (Å²) < 4.78 is 5.03. The minimum absolute atomic E-state index is 0.598. The van der Waals surface area contributed by atoms with Gasteiger partial charge in [-0.05, 0) is 25.2 Å². The minimum Gasteiger partial charge on any atom is -0.383 e. The summed E-state index contributed by atoms with van der Waals surface area (Å²) in [5.41, 5.74) is 0. The molecule has 0 saturated heterocycles. The molecule has 0 heterocycles. The molecule has 0 aromatic rings. The third-order valence-corrected chi connectivity index (χ3v) is 3.49. The molecule has 92 valence electrons. The first-order valence-electron chi connectivity index (χ1n) is 6.37. The Hall–Kier alpha value is -0.0800. The molecule has 15 heavy (non-hydrogen) atoms. The highest BCUT2D eigenvalue weighted by Gasteiger charge is 2.15. The van der Waals surface area contributed by atoms with Crippen LogP contribution in [0.2, 0.25) is 0 Å². The van der Waals surface area contributed by atoms with Crippen molar-refractivity contribution < 1.29 is 4.74 Å². The van der Waals surface area contributed by atoms with Crippen molar-refractivity contribution in [1.82, 2.24) is 5.32 Å². The summed E-state index contributed by atoms with van der Waals surface area (Å²) >= 11 is 0. The van der Waals surface area contributed by atoms with E-state index in [0.717, 1.165) is 25.0 Å². The van der Waals surface area contributed by atoms with Crippen LogP contribution in [0, 0.1) is 11.8 Å². The highest BCUT2D eigenvalue weighted by molar-refractivity contribution is 4.71. The zero-order valence-corrected chi connectivity index (χ0v) is 11.2. The number of hydrogen-bond acceptors (Lipinski definition) is 2. The maximum Gasteiger partial charge on any atom is 0.0587 e. The quantitative estimate of drug-likeness (QED) is 0.597. The number of nitrogens with one attached hydrogen (secondary N) is 1. The lowest BCUT2D eigenvalue weighted by Crippen LogP contribution is -2.35. The van der Waals surface area contributed by atoms with E-state index in [1.807, 2.05) is 0 Å². The van der Waals surface area contributed by atoms with Crippen LogP contribution in [0.15, 0.2) is 0 Å². The molecule has 0 rings (SSSR count). The molecule has 0 aromatic carbocycles. The van der Waals surface area contributed by atoms with E-state index < -0.39 is 0 Å². The number of ether oxygens (including phenoxy) is 1. The highest BCUT2D eigenvalue weighted by Crippen LogP contribution is 2.20. The summed E-state index contributed by atoms with van der Waals surface area (Å²) in [6, 6.07) is 0.598. The van der Waals surface area contributed by atoms with Crippen molar-refractivity contribution in [3.63, 3.8) is 0 Å². The Kier molecular flexibility index (Phi) is 9.12. The van der Waals surface area contributed by atoms with Crippen LogP contribution >= 0.6 is 0 Å². The molecule has 0 aliphatic carbocycles.